The molecule has 1 aromatic carbocycles. The molecule has 1 fully saturated rings. The van der Waals surface area contributed by atoms with Crippen molar-refractivity contribution in [3.05, 3.63) is 10.6 Å². The van der Waals surface area contributed by atoms with Crippen LogP contribution in [0.5, 0.6) is 0 Å². The van der Waals surface area contributed by atoms with Crippen molar-refractivity contribution < 1.29 is 4.79 Å². The van der Waals surface area contributed by atoms with Crippen LogP contribution >= 0.6 is 11.6 Å². The Morgan fingerprint density at radius 3 is 1.87 bits per heavy atom. The number of ketones is 1. The molecule has 0 amide bonds. The Kier molecular flexibility index (Phi) is 4.62. The third kappa shape index (κ3) is 2.52. The number of halogens is 1. The molecule has 1 unspecified atom stereocenters. The smallest absolute Gasteiger partial charge is 0.145 e. The molecule has 1 aliphatic carbocycles. The summed E-state index contributed by atoms with van der Waals surface area (Å²) in [7, 11) is 46.7. The Hall–Kier alpha value is -0.341. The summed E-state index contributed by atoms with van der Waals surface area (Å²) >= 11 is 6.21. The zero-order valence-corrected chi connectivity index (χ0v) is 13.2. The monoisotopic (exact) mass is 303 g/mol. The average molecular weight is 302 g/mol. The van der Waals surface area contributed by atoms with E-state index in [0.717, 1.165) is 0 Å². The van der Waals surface area contributed by atoms with Crippen molar-refractivity contribution in [2.45, 2.75) is 28.8 Å². The van der Waals surface area contributed by atoms with Crippen molar-refractivity contribution in [2.24, 2.45) is 5.73 Å². The van der Waals surface area contributed by atoms with Gasteiger partial charge in [0.1, 0.15) is 42.7 Å². The van der Waals surface area contributed by atoms with Crippen LogP contribution in [0.2, 0.25) is 15.5 Å². The quantitative estimate of drug-likeness (QED) is 0.537. The average Bonchev–Trinajstić information content (AvgIpc) is 2.47. The number of carbonyl (C=O) groups is 1. The highest BCUT2D eigenvalue weighted by atomic mass is 35.5. The number of hydrogen-bond acceptors (Lipinski definition) is 2. The Morgan fingerprint density at radius 1 is 0.870 bits per heavy atom. The van der Waals surface area contributed by atoms with Crippen molar-refractivity contribution in [2.75, 3.05) is 0 Å². The predicted molar refractivity (Wildman–Crippen MR) is 102 cm³/mol. The van der Waals surface area contributed by atoms with E-state index in [1.165, 1.54) is 0 Å². The highest BCUT2D eigenvalue weighted by Crippen LogP contribution is 2.55. The summed E-state index contributed by atoms with van der Waals surface area (Å²) in [6.45, 7) is 0. The number of rotatable bonds is 1. The van der Waals surface area contributed by atoms with Gasteiger partial charge in [-0.2, -0.15) is 0 Å². The minimum absolute atomic E-state index is 0.00169. The molecule has 2 nitrogen and oxygen atoms in total. The maximum absolute atomic E-state index is 12.8. The van der Waals surface area contributed by atoms with Gasteiger partial charge in [-0.05, 0) is 12.0 Å². The standard InChI is InChI=1S/C12H6B8ClNO/c13-4-3(8(21)7(16)6(15)5(4)14)10(22)1-2-11(17,18)12(19,20)9(10)23/h1-2,22H2. The molecule has 0 aliphatic heterocycles. The van der Waals surface area contributed by atoms with Crippen LogP contribution in [-0.4, -0.2) is 68.6 Å². The molecule has 1 aromatic rings. The highest BCUT2D eigenvalue weighted by molar-refractivity contribution is 6.66. The molecule has 1 atom stereocenters. The Bertz CT molecular complexity index is 678. The summed E-state index contributed by atoms with van der Waals surface area (Å²) in [5.41, 5.74) is 4.42. The molecular weight excluding hydrogens is 296 g/mol. The number of hydrogen-bond donors (Lipinski definition) is 1. The lowest BCUT2D eigenvalue weighted by atomic mass is 9.24. The van der Waals surface area contributed by atoms with Crippen LogP contribution in [0, 0.1) is 0 Å². The number of Topliss-reactive ketones (excluding diaryl/α,β-unsaturated/α-hetero) is 1. The lowest BCUT2D eigenvalue weighted by Crippen LogP contribution is -2.62. The van der Waals surface area contributed by atoms with Gasteiger partial charge in [0.05, 0.1) is 31.4 Å². The predicted octanol–water partition coefficient (Wildman–Crippen LogP) is -4.06. The largest absolute Gasteiger partial charge is 0.315 e. The maximum Gasteiger partial charge on any atom is 0.145 e. The molecule has 11 heteroatoms. The van der Waals surface area contributed by atoms with Crippen LogP contribution in [0.3, 0.4) is 0 Å². The van der Waals surface area contributed by atoms with E-state index < -0.39 is 21.7 Å². The first-order valence-corrected chi connectivity index (χ1v) is 7.08. The van der Waals surface area contributed by atoms with Crippen LogP contribution < -0.4 is 27.6 Å². The lowest BCUT2D eigenvalue weighted by Gasteiger charge is -2.54. The van der Waals surface area contributed by atoms with E-state index in [9.17, 15) is 4.79 Å². The summed E-state index contributed by atoms with van der Waals surface area (Å²) in [5.74, 6) is -0.821. The minimum atomic E-state index is -2.10. The van der Waals surface area contributed by atoms with Crippen LogP contribution in [-0.2, 0) is 10.3 Å². The Balaban J connectivity index is 2.75. The summed E-state index contributed by atoms with van der Waals surface area (Å²) in [6, 6.07) is 0. The SMILES string of the molecule is [B]c1c([B])c([B])c(C2(N)CCC([B])([B])C([B])([B])C2=O)c(Cl)c1[B]. The van der Waals surface area contributed by atoms with E-state index in [1.54, 1.807) is 0 Å². The van der Waals surface area contributed by atoms with Crippen molar-refractivity contribution in [3.8, 4) is 0 Å². The summed E-state index contributed by atoms with van der Waals surface area (Å²) in [4.78, 5) is 12.8. The maximum atomic E-state index is 12.8. The van der Waals surface area contributed by atoms with Crippen LogP contribution in [0.1, 0.15) is 18.4 Å². The molecule has 0 heterocycles. The molecule has 23 heavy (non-hydrogen) atoms. The molecule has 16 radical (unpaired) electrons. The fraction of sp³-hybridized carbons (Fsp3) is 0.417. The van der Waals surface area contributed by atoms with E-state index >= 15 is 0 Å². The van der Waals surface area contributed by atoms with Gasteiger partial charge in [-0.15, -0.1) is 16.1 Å². The van der Waals surface area contributed by atoms with Crippen LogP contribution in [0.15, 0.2) is 0 Å². The van der Waals surface area contributed by atoms with Gasteiger partial charge in [-0.3, -0.25) is 4.79 Å². The van der Waals surface area contributed by atoms with Gasteiger partial charge in [-0.1, -0.05) is 34.2 Å². The summed E-state index contributed by atoms with van der Waals surface area (Å²) < 4.78 is 0. The highest BCUT2D eigenvalue weighted by Gasteiger charge is 2.54. The van der Waals surface area contributed by atoms with Crippen molar-refractivity contribution in [1.82, 2.24) is 0 Å². The Morgan fingerprint density at radius 2 is 1.35 bits per heavy atom. The van der Waals surface area contributed by atoms with Crippen LogP contribution in [0.4, 0.5) is 0 Å². The van der Waals surface area contributed by atoms with E-state index in [1.807, 2.05) is 0 Å². The van der Waals surface area contributed by atoms with Gasteiger partial charge in [0.15, 0.2) is 0 Å². The zero-order chi connectivity index (χ0) is 18.0. The first-order valence-electron chi connectivity index (χ1n) is 6.70. The van der Waals surface area contributed by atoms with E-state index in [0.29, 0.717) is 0 Å². The van der Waals surface area contributed by atoms with Gasteiger partial charge in [0.25, 0.3) is 0 Å². The van der Waals surface area contributed by atoms with Crippen molar-refractivity contribution in [3.63, 3.8) is 0 Å². The number of carbonyl (C=O) groups excluding carboxylic acids is 1. The van der Waals surface area contributed by atoms with Crippen LogP contribution in [0.25, 0.3) is 0 Å². The van der Waals surface area contributed by atoms with Gasteiger partial charge in [0, 0.05) is 5.02 Å². The second-order valence-corrected chi connectivity index (χ2v) is 6.43. The molecule has 96 valence electrons. The molecule has 1 aliphatic rings. The molecular formula is C12H6B8ClNO. The van der Waals surface area contributed by atoms with E-state index in [4.69, 9.17) is 80.1 Å². The molecule has 0 aromatic heterocycles. The summed E-state index contributed by atoms with van der Waals surface area (Å²) in [5, 5.41) is -3.82. The fourth-order valence-corrected chi connectivity index (χ4v) is 3.15. The molecule has 0 saturated heterocycles. The summed E-state index contributed by atoms with van der Waals surface area (Å²) in [6.07, 6.45) is 0.0455. The Labute approximate surface area is 152 Å². The minimum Gasteiger partial charge on any atom is -0.315 e. The van der Waals surface area contributed by atoms with Gasteiger partial charge in [0.2, 0.25) is 0 Å². The first kappa shape index (κ1) is 19.0. The molecule has 1 saturated carbocycles. The van der Waals surface area contributed by atoms with E-state index in [2.05, 4.69) is 0 Å². The number of benzene rings is 1. The third-order valence-electron chi connectivity index (χ3n) is 4.53. The normalized spacial score (nSPS) is 26.1. The lowest BCUT2D eigenvalue weighted by molar-refractivity contribution is -0.127. The molecule has 0 spiro atoms. The fourth-order valence-electron chi connectivity index (χ4n) is 2.78. The number of nitrogens with two attached hydrogens (primary N) is 1. The van der Waals surface area contributed by atoms with E-state index in [-0.39, 0.29) is 45.3 Å². The van der Waals surface area contributed by atoms with Crippen molar-refractivity contribution in [1.29, 1.82) is 0 Å². The second-order valence-electron chi connectivity index (χ2n) is 6.05. The van der Waals surface area contributed by atoms with Gasteiger partial charge < -0.3 is 5.73 Å². The van der Waals surface area contributed by atoms with Gasteiger partial charge >= 0.3 is 0 Å². The topological polar surface area (TPSA) is 43.1 Å². The zero-order valence-electron chi connectivity index (χ0n) is 12.4. The first-order chi connectivity index (χ1) is 10.3. The van der Waals surface area contributed by atoms with Crippen molar-refractivity contribution >= 4 is 102 Å². The molecule has 2 N–H and O–H groups in total. The molecule has 0 bridgehead atoms. The second kappa shape index (κ2) is 5.59. The third-order valence-corrected chi connectivity index (χ3v) is 4.92. The van der Waals surface area contributed by atoms with Gasteiger partial charge in [-0.25, -0.2) is 0 Å². The molecule has 2 rings (SSSR count).